The summed E-state index contributed by atoms with van der Waals surface area (Å²) in [6, 6.07) is 0. The van der Waals surface area contributed by atoms with Gasteiger partial charge < -0.3 is 0 Å². The third-order valence-corrected chi connectivity index (χ3v) is 2.48. The molecule has 1 aliphatic heterocycles. The van der Waals surface area contributed by atoms with Gasteiger partial charge in [-0.1, -0.05) is 0 Å². The zero-order valence-electron chi connectivity index (χ0n) is 4.80. The van der Waals surface area contributed by atoms with Gasteiger partial charge in [-0.15, -0.1) is 0 Å². The van der Waals surface area contributed by atoms with E-state index in [4.69, 9.17) is 9.11 Å². The van der Waals surface area contributed by atoms with Crippen LogP contribution in [0.5, 0.6) is 0 Å². The van der Waals surface area contributed by atoms with E-state index in [0.717, 1.165) is 0 Å². The molecule has 0 spiro atoms. The quantitative estimate of drug-likeness (QED) is 0.398. The fourth-order valence-corrected chi connectivity index (χ4v) is 2.06. The molecule has 0 aromatic carbocycles. The van der Waals surface area contributed by atoms with Crippen molar-refractivity contribution in [2.75, 3.05) is 0 Å². The summed E-state index contributed by atoms with van der Waals surface area (Å²) in [6.45, 7) is 0. The molecule has 9 heteroatoms. The monoisotopic (exact) mass is 206 g/mol. The van der Waals surface area contributed by atoms with Crippen LogP contribution in [0.2, 0.25) is 0 Å². The van der Waals surface area contributed by atoms with E-state index in [0.29, 0.717) is 0 Å². The van der Waals surface area contributed by atoms with Gasteiger partial charge in [0.1, 0.15) is 0 Å². The van der Waals surface area contributed by atoms with Crippen LogP contribution in [0.3, 0.4) is 0 Å². The molecule has 0 aromatic rings. The molecule has 0 amide bonds. The predicted molar refractivity (Wildman–Crippen MR) is 35.9 cm³/mol. The summed E-state index contributed by atoms with van der Waals surface area (Å²) in [5.41, 5.74) is 0.0679. The molecule has 2 N–H and O–H groups in total. The Morgan fingerprint density at radius 1 is 1.45 bits per heavy atom. The van der Waals surface area contributed by atoms with Gasteiger partial charge in [0.2, 0.25) is 10.1 Å². The lowest BCUT2D eigenvalue weighted by atomic mass is 11.6. The van der Waals surface area contributed by atoms with Gasteiger partial charge in [0.15, 0.2) is 5.55 Å². The van der Waals surface area contributed by atoms with Crippen LogP contribution in [-0.4, -0.2) is 28.4 Å². The third-order valence-electron chi connectivity index (χ3n) is 0.679. The minimum Gasteiger partial charge on any atom is -0.291 e. The van der Waals surface area contributed by atoms with Crippen LogP contribution in [0.25, 0.3) is 0 Å². The van der Waals surface area contributed by atoms with E-state index in [1.165, 1.54) is 0 Å². The average Bonchev–Trinajstić information content (AvgIpc) is 1.81. The summed E-state index contributed by atoms with van der Waals surface area (Å²) >= 11 is 0. The smallest absolute Gasteiger partial charge is 0.291 e. The van der Waals surface area contributed by atoms with Gasteiger partial charge in [0.25, 0.3) is 10.1 Å². The summed E-state index contributed by atoms with van der Waals surface area (Å²) in [4.78, 5) is 0. The standard InChI is InChI=1S/C2H3FO6S2/c3-2-9-10(4,5)1-8-11(2,6)7/h1H,(H,4,5)(H,6,7). The molecular formula is C2H3FO6S2. The van der Waals surface area contributed by atoms with Crippen molar-refractivity contribution in [1.82, 2.24) is 0 Å². The van der Waals surface area contributed by atoms with E-state index < -0.39 is 25.5 Å². The van der Waals surface area contributed by atoms with E-state index in [2.05, 4.69) is 8.37 Å². The van der Waals surface area contributed by atoms with Crippen molar-refractivity contribution in [2.24, 2.45) is 0 Å². The average molecular weight is 206 g/mol. The Morgan fingerprint density at radius 3 is 2.36 bits per heavy atom. The third kappa shape index (κ3) is 1.89. The van der Waals surface area contributed by atoms with Gasteiger partial charge in [-0.05, 0) is 0 Å². The summed E-state index contributed by atoms with van der Waals surface area (Å²) in [6.07, 6.45) is 0. The van der Waals surface area contributed by atoms with Crippen LogP contribution in [-0.2, 0) is 28.5 Å². The van der Waals surface area contributed by atoms with Crippen molar-refractivity contribution >= 4 is 31.0 Å². The van der Waals surface area contributed by atoms with E-state index in [-0.39, 0.29) is 5.55 Å². The van der Waals surface area contributed by atoms with Crippen LogP contribution >= 0.6 is 0 Å². The minimum atomic E-state index is -4.35. The molecule has 0 bridgehead atoms. The molecule has 1 aliphatic rings. The second kappa shape index (κ2) is 2.40. The maximum Gasteiger partial charge on any atom is 0.348 e. The minimum absolute atomic E-state index is 0.0679. The second-order valence-corrected chi connectivity index (χ2v) is 4.36. The number of hydrogen-bond acceptors (Lipinski definition) is 4. The van der Waals surface area contributed by atoms with Gasteiger partial charge >= 0.3 is 5.30 Å². The molecule has 0 aromatic heterocycles. The lowest BCUT2D eigenvalue weighted by Gasteiger charge is -2.09. The summed E-state index contributed by atoms with van der Waals surface area (Å²) in [5.74, 6) is 0. The van der Waals surface area contributed by atoms with Crippen molar-refractivity contribution in [2.45, 2.75) is 0 Å². The molecule has 1 rings (SSSR count). The molecule has 0 aliphatic carbocycles. The highest BCUT2D eigenvalue weighted by Gasteiger charge is 2.24. The Balaban J connectivity index is 3.19. The van der Waals surface area contributed by atoms with E-state index in [1.807, 2.05) is 0 Å². The second-order valence-electron chi connectivity index (χ2n) is 1.50. The fraction of sp³-hybridized carbons (Fsp3) is 0. The molecule has 0 saturated heterocycles. The van der Waals surface area contributed by atoms with Crippen LogP contribution in [0.1, 0.15) is 0 Å². The Hall–Kier alpha value is -0.190. The predicted octanol–water partition coefficient (Wildman–Crippen LogP) is -0.805. The van der Waals surface area contributed by atoms with Gasteiger partial charge in [-0.25, -0.2) is 12.6 Å². The molecular weight excluding hydrogens is 203 g/mol. The Bertz CT molecular complexity index is 393. The highest BCUT2D eigenvalue weighted by molar-refractivity contribution is 7.99. The van der Waals surface area contributed by atoms with Crippen molar-refractivity contribution in [3.8, 4) is 0 Å². The molecule has 2 unspecified atom stereocenters. The van der Waals surface area contributed by atoms with Crippen molar-refractivity contribution in [1.29, 1.82) is 0 Å². The first-order valence-corrected chi connectivity index (χ1v) is 5.04. The molecule has 66 valence electrons. The normalized spacial score (nSPS) is 45.2. The first kappa shape index (κ1) is 8.90. The molecule has 2 atom stereocenters. The van der Waals surface area contributed by atoms with E-state index in [9.17, 15) is 12.8 Å². The Labute approximate surface area is 62.0 Å². The van der Waals surface area contributed by atoms with Crippen LogP contribution in [0.4, 0.5) is 4.39 Å². The first-order chi connectivity index (χ1) is 4.83. The summed E-state index contributed by atoms with van der Waals surface area (Å²) in [5, 5.41) is -2.01. The lowest BCUT2D eigenvalue weighted by Crippen LogP contribution is -2.26. The van der Waals surface area contributed by atoms with Gasteiger partial charge in [-0.2, -0.15) is 8.57 Å². The lowest BCUT2D eigenvalue weighted by molar-refractivity contribution is 0.386. The van der Waals surface area contributed by atoms with Crippen molar-refractivity contribution in [3.63, 3.8) is 0 Å². The van der Waals surface area contributed by atoms with Crippen LogP contribution in [0, 0.1) is 0 Å². The molecule has 0 saturated carbocycles. The van der Waals surface area contributed by atoms with Crippen LogP contribution < -0.4 is 0 Å². The van der Waals surface area contributed by atoms with E-state index in [1.54, 1.807) is 0 Å². The molecule has 1 heterocycles. The number of hydrogen-bond donors (Lipinski definition) is 2. The fourth-order valence-electron chi connectivity index (χ4n) is 0.297. The van der Waals surface area contributed by atoms with Crippen molar-refractivity contribution < 1.29 is 30.3 Å². The molecule has 0 fully saturated rings. The number of rotatable bonds is 0. The SMILES string of the molecule is O=S1(O)=COS(=O)(O)=C(F)O1. The van der Waals surface area contributed by atoms with Gasteiger partial charge in [-0.3, -0.25) is 9.11 Å². The zero-order chi connectivity index (χ0) is 8.70. The van der Waals surface area contributed by atoms with E-state index >= 15 is 0 Å². The Morgan fingerprint density at radius 2 is 2.00 bits per heavy atom. The number of halogens is 1. The van der Waals surface area contributed by atoms with Crippen molar-refractivity contribution in [3.05, 3.63) is 0 Å². The summed E-state index contributed by atoms with van der Waals surface area (Å²) in [7, 11) is -8.40. The molecule has 11 heavy (non-hydrogen) atoms. The maximum atomic E-state index is 12.1. The highest BCUT2D eigenvalue weighted by atomic mass is 32.3. The molecule has 6 nitrogen and oxygen atoms in total. The molecule has 0 radical (unpaired) electrons. The van der Waals surface area contributed by atoms with Gasteiger partial charge in [0.05, 0.1) is 0 Å². The topological polar surface area (TPSA) is 93.1 Å². The Kier molecular flexibility index (Phi) is 1.94. The first-order valence-electron chi connectivity index (χ1n) is 2.10. The highest BCUT2D eigenvalue weighted by Crippen LogP contribution is 2.05. The van der Waals surface area contributed by atoms with Crippen LogP contribution in [0.15, 0.2) is 0 Å². The summed E-state index contributed by atoms with van der Waals surface area (Å²) < 4.78 is 56.8. The zero-order valence-corrected chi connectivity index (χ0v) is 6.43. The maximum absolute atomic E-state index is 12.1. The van der Waals surface area contributed by atoms with Gasteiger partial charge in [0, 0.05) is 0 Å². The largest absolute Gasteiger partial charge is 0.348 e.